The molecule has 1 heterocycles. The van der Waals surface area contributed by atoms with Crippen LogP contribution in [0.15, 0.2) is 54.6 Å². The molecule has 7 nitrogen and oxygen atoms in total. The number of carbonyl (C=O) groups is 4. The van der Waals surface area contributed by atoms with Gasteiger partial charge in [-0.3, -0.25) is 24.1 Å². The Bertz CT molecular complexity index is 1240. The number of amides is 4. The summed E-state index contributed by atoms with van der Waals surface area (Å²) in [6.07, 6.45) is 0.438. The highest BCUT2D eigenvalue weighted by Crippen LogP contribution is 2.30. The van der Waals surface area contributed by atoms with Crippen LogP contribution in [0.4, 0.5) is 5.69 Å². The van der Waals surface area contributed by atoms with Gasteiger partial charge in [0.1, 0.15) is 0 Å². The van der Waals surface area contributed by atoms with Crippen LogP contribution in [0.5, 0.6) is 0 Å². The number of hydrogen-bond donors (Lipinski definition) is 1. The molecule has 1 N–H and O–H groups in total. The maximum atomic E-state index is 13.0. The second-order valence-corrected chi connectivity index (χ2v) is 8.64. The molecular formula is C27H27N3O4. The molecule has 0 spiro atoms. The van der Waals surface area contributed by atoms with Crippen molar-refractivity contribution in [1.29, 1.82) is 0 Å². The predicted molar refractivity (Wildman–Crippen MR) is 131 cm³/mol. The number of para-hydroxylation sites is 1. The minimum Gasteiger partial charge on any atom is -0.336 e. The molecule has 34 heavy (non-hydrogen) atoms. The first-order chi connectivity index (χ1) is 16.3. The zero-order valence-corrected chi connectivity index (χ0v) is 19.6. The summed E-state index contributed by atoms with van der Waals surface area (Å²) in [7, 11) is 1.57. The fourth-order valence-corrected chi connectivity index (χ4v) is 4.36. The van der Waals surface area contributed by atoms with Crippen LogP contribution < -0.4 is 5.32 Å². The molecule has 3 aromatic carbocycles. The summed E-state index contributed by atoms with van der Waals surface area (Å²) >= 11 is 0. The van der Waals surface area contributed by atoms with Crippen LogP contribution in [0.25, 0.3) is 10.8 Å². The van der Waals surface area contributed by atoms with Crippen LogP contribution >= 0.6 is 0 Å². The van der Waals surface area contributed by atoms with E-state index in [4.69, 9.17) is 0 Å². The number of rotatable bonds is 7. The van der Waals surface area contributed by atoms with E-state index < -0.39 is 0 Å². The highest BCUT2D eigenvalue weighted by atomic mass is 16.2. The van der Waals surface area contributed by atoms with Crippen molar-refractivity contribution in [2.75, 3.05) is 25.5 Å². The van der Waals surface area contributed by atoms with Crippen molar-refractivity contribution >= 4 is 40.1 Å². The lowest BCUT2D eigenvalue weighted by atomic mass is 9.94. The van der Waals surface area contributed by atoms with Gasteiger partial charge in [0.05, 0.1) is 6.54 Å². The highest BCUT2D eigenvalue weighted by molar-refractivity contribution is 6.25. The molecule has 0 unspecified atom stereocenters. The number of carbonyl (C=O) groups excluding carboxylic acids is 4. The van der Waals surface area contributed by atoms with Crippen molar-refractivity contribution in [2.45, 2.75) is 26.7 Å². The van der Waals surface area contributed by atoms with Gasteiger partial charge in [-0.2, -0.15) is 0 Å². The summed E-state index contributed by atoms with van der Waals surface area (Å²) in [4.78, 5) is 53.5. The quantitative estimate of drug-likeness (QED) is 0.545. The largest absolute Gasteiger partial charge is 0.336 e. The zero-order valence-electron chi connectivity index (χ0n) is 19.6. The van der Waals surface area contributed by atoms with E-state index in [1.165, 1.54) is 9.80 Å². The Balaban J connectivity index is 1.33. The van der Waals surface area contributed by atoms with Gasteiger partial charge in [0, 0.05) is 42.2 Å². The minimum atomic E-state index is -0.344. The Labute approximate surface area is 198 Å². The highest BCUT2D eigenvalue weighted by Gasteiger charge is 2.32. The van der Waals surface area contributed by atoms with Crippen LogP contribution in [0.3, 0.4) is 0 Å². The third-order valence-electron chi connectivity index (χ3n) is 6.18. The van der Waals surface area contributed by atoms with E-state index in [1.807, 2.05) is 44.2 Å². The van der Waals surface area contributed by atoms with Crippen LogP contribution in [0.1, 0.15) is 44.7 Å². The molecule has 0 saturated carbocycles. The Morgan fingerprint density at radius 1 is 0.882 bits per heavy atom. The zero-order chi connectivity index (χ0) is 24.4. The number of benzene rings is 3. The van der Waals surface area contributed by atoms with E-state index in [1.54, 1.807) is 31.3 Å². The van der Waals surface area contributed by atoms with Gasteiger partial charge in [-0.25, -0.2) is 0 Å². The minimum absolute atomic E-state index is 0.0798. The molecule has 3 aromatic rings. The third kappa shape index (κ3) is 4.41. The Hall–Kier alpha value is -4.00. The standard InChI is InChI=1S/C27H27N3O4/c1-17-8-4-9-18(2)25(17)28-22(31)16-29(3)23(32)14-7-15-30-26(33)20-12-5-10-19-11-6-13-21(24(19)20)27(30)34/h4-6,8-13H,7,14-16H2,1-3H3,(H,28,31). The maximum Gasteiger partial charge on any atom is 0.261 e. The second-order valence-electron chi connectivity index (χ2n) is 8.64. The fraction of sp³-hybridized carbons (Fsp3) is 0.259. The average Bonchev–Trinajstić information content (AvgIpc) is 2.81. The van der Waals surface area contributed by atoms with E-state index in [9.17, 15) is 19.2 Å². The van der Waals surface area contributed by atoms with Crippen LogP contribution in [0.2, 0.25) is 0 Å². The molecule has 1 aliphatic heterocycles. The number of nitrogens with zero attached hydrogens (tertiary/aromatic N) is 2. The van der Waals surface area contributed by atoms with Crippen molar-refractivity contribution in [3.8, 4) is 0 Å². The van der Waals surface area contributed by atoms with Gasteiger partial charge in [0.2, 0.25) is 11.8 Å². The summed E-state index contributed by atoms with van der Waals surface area (Å²) in [6.45, 7) is 3.89. The predicted octanol–water partition coefficient (Wildman–Crippen LogP) is 3.93. The van der Waals surface area contributed by atoms with Gasteiger partial charge in [-0.15, -0.1) is 0 Å². The molecule has 0 aromatic heterocycles. The van der Waals surface area contributed by atoms with Gasteiger partial charge in [-0.1, -0.05) is 42.5 Å². The van der Waals surface area contributed by atoms with Gasteiger partial charge >= 0.3 is 0 Å². The monoisotopic (exact) mass is 457 g/mol. The smallest absolute Gasteiger partial charge is 0.261 e. The molecule has 0 aliphatic carbocycles. The van der Waals surface area contributed by atoms with Crippen molar-refractivity contribution in [3.63, 3.8) is 0 Å². The first kappa shape index (κ1) is 23.2. The molecule has 4 amide bonds. The van der Waals surface area contributed by atoms with Crippen molar-refractivity contribution < 1.29 is 19.2 Å². The third-order valence-corrected chi connectivity index (χ3v) is 6.18. The van der Waals surface area contributed by atoms with Gasteiger partial charge in [0.25, 0.3) is 11.8 Å². The van der Waals surface area contributed by atoms with Gasteiger partial charge in [0.15, 0.2) is 0 Å². The fourth-order valence-electron chi connectivity index (χ4n) is 4.36. The molecule has 0 atom stereocenters. The lowest BCUT2D eigenvalue weighted by molar-refractivity contribution is -0.133. The van der Waals surface area contributed by atoms with E-state index in [0.717, 1.165) is 22.2 Å². The molecular weight excluding hydrogens is 430 g/mol. The maximum absolute atomic E-state index is 13.0. The van der Waals surface area contributed by atoms with Gasteiger partial charge in [-0.05, 0) is 48.9 Å². The molecule has 4 rings (SSSR count). The van der Waals surface area contributed by atoms with Gasteiger partial charge < -0.3 is 10.2 Å². The van der Waals surface area contributed by atoms with Crippen molar-refractivity contribution in [3.05, 3.63) is 76.9 Å². The number of imide groups is 1. The Morgan fingerprint density at radius 3 is 2.03 bits per heavy atom. The molecule has 0 fully saturated rings. The van der Waals surface area contributed by atoms with Crippen LogP contribution in [-0.2, 0) is 9.59 Å². The van der Waals surface area contributed by atoms with Crippen molar-refractivity contribution in [2.24, 2.45) is 0 Å². The Morgan fingerprint density at radius 2 is 1.44 bits per heavy atom. The summed E-state index contributed by atoms with van der Waals surface area (Å²) in [5.74, 6) is -1.19. The van der Waals surface area contributed by atoms with Crippen LogP contribution in [0, 0.1) is 13.8 Å². The normalized spacial score (nSPS) is 12.7. The molecule has 0 saturated heterocycles. The number of anilines is 1. The van der Waals surface area contributed by atoms with E-state index in [2.05, 4.69) is 5.32 Å². The second kappa shape index (κ2) is 9.47. The number of hydrogen-bond acceptors (Lipinski definition) is 4. The first-order valence-corrected chi connectivity index (χ1v) is 11.3. The molecule has 0 bridgehead atoms. The van der Waals surface area contributed by atoms with E-state index in [-0.39, 0.29) is 43.1 Å². The lowest BCUT2D eigenvalue weighted by Gasteiger charge is -2.27. The summed E-state index contributed by atoms with van der Waals surface area (Å²) in [6, 6.07) is 16.6. The molecule has 7 heteroatoms. The average molecular weight is 458 g/mol. The van der Waals surface area contributed by atoms with Crippen molar-refractivity contribution in [1.82, 2.24) is 9.80 Å². The van der Waals surface area contributed by atoms with Crippen LogP contribution in [-0.4, -0.2) is 53.6 Å². The number of aryl methyl sites for hydroxylation is 2. The molecule has 174 valence electrons. The van der Waals surface area contributed by atoms with E-state index >= 15 is 0 Å². The molecule has 1 aliphatic rings. The lowest BCUT2D eigenvalue weighted by Crippen LogP contribution is -2.41. The summed E-state index contributed by atoms with van der Waals surface area (Å²) < 4.78 is 0. The Kier molecular flexibility index (Phi) is 6.45. The van der Waals surface area contributed by atoms with E-state index in [0.29, 0.717) is 22.9 Å². The number of nitrogens with one attached hydrogen (secondary N) is 1. The molecule has 0 radical (unpaired) electrons. The SMILES string of the molecule is Cc1cccc(C)c1NC(=O)CN(C)C(=O)CCCN1C(=O)c2cccc3cccc(c23)C1=O. The summed E-state index contributed by atoms with van der Waals surface area (Å²) in [5, 5.41) is 4.41. The topological polar surface area (TPSA) is 86.8 Å². The first-order valence-electron chi connectivity index (χ1n) is 11.3. The summed E-state index contributed by atoms with van der Waals surface area (Å²) in [5.41, 5.74) is 3.66. The number of likely N-dealkylation sites (N-methyl/N-ethyl adjacent to an activating group) is 1.